The summed E-state index contributed by atoms with van der Waals surface area (Å²) in [5.41, 5.74) is 0. The number of sulfonamides is 1. The Kier molecular flexibility index (Phi) is 6.77. The highest BCUT2D eigenvalue weighted by atomic mass is 32.2. The summed E-state index contributed by atoms with van der Waals surface area (Å²) < 4.78 is 24.4. The van der Waals surface area contributed by atoms with E-state index in [4.69, 9.17) is 5.26 Å². The number of hydrogen-bond donors (Lipinski definition) is 0. The zero-order valence-electron chi connectivity index (χ0n) is 9.15. The summed E-state index contributed by atoms with van der Waals surface area (Å²) in [5, 5.41) is 10.6. The van der Waals surface area contributed by atoms with Crippen LogP contribution >= 0.6 is 0 Å². The Morgan fingerprint density at radius 1 is 1.33 bits per heavy atom. The van der Waals surface area contributed by atoms with Gasteiger partial charge in [0.25, 0.3) is 10.0 Å². The fraction of sp³-hybridized carbons (Fsp3) is 0.700. The van der Waals surface area contributed by atoms with Crippen LogP contribution < -0.4 is 0 Å². The lowest BCUT2D eigenvalue weighted by molar-refractivity contribution is 0.416. The van der Waals surface area contributed by atoms with Gasteiger partial charge in [-0.3, -0.25) is 0 Å². The Balaban J connectivity index is 4.60. The fourth-order valence-corrected chi connectivity index (χ4v) is 2.14. The summed E-state index contributed by atoms with van der Waals surface area (Å²) >= 11 is 0. The zero-order chi connectivity index (χ0) is 11.7. The average molecular weight is 228 g/mol. The van der Waals surface area contributed by atoms with Gasteiger partial charge in [0.05, 0.1) is 6.07 Å². The second-order valence-electron chi connectivity index (χ2n) is 3.02. The van der Waals surface area contributed by atoms with Crippen molar-refractivity contribution in [2.75, 3.05) is 13.1 Å². The maximum absolute atomic E-state index is 11.6. The SMILES string of the molecule is CC#CS(=O)(=O)N(CCC#N)CCCC. The topological polar surface area (TPSA) is 61.2 Å². The molecule has 0 saturated heterocycles. The smallest absolute Gasteiger partial charge is 0.198 e. The minimum atomic E-state index is -3.50. The third-order valence-electron chi connectivity index (χ3n) is 1.81. The van der Waals surface area contributed by atoms with Gasteiger partial charge in [-0.1, -0.05) is 19.3 Å². The molecule has 0 fully saturated rings. The minimum Gasteiger partial charge on any atom is -0.198 e. The van der Waals surface area contributed by atoms with E-state index in [-0.39, 0.29) is 13.0 Å². The van der Waals surface area contributed by atoms with Crippen LogP contribution in [0.3, 0.4) is 0 Å². The van der Waals surface area contributed by atoms with E-state index in [1.165, 1.54) is 11.2 Å². The molecule has 0 unspecified atom stereocenters. The predicted molar refractivity (Wildman–Crippen MR) is 59.1 cm³/mol. The second-order valence-corrected chi connectivity index (χ2v) is 4.69. The molecule has 0 aliphatic heterocycles. The van der Waals surface area contributed by atoms with Gasteiger partial charge < -0.3 is 0 Å². The molecule has 0 aliphatic rings. The maximum atomic E-state index is 11.6. The molecule has 5 heteroatoms. The minimum absolute atomic E-state index is 0.203. The summed E-state index contributed by atoms with van der Waals surface area (Å²) in [4.78, 5) is 0. The van der Waals surface area contributed by atoms with E-state index in [2.05, 4.69) is 11.2 Å². The third-order valence-corrected chi connectivity index (χ3v) is 3.31. The number of nitrogens with zero attached hydrogens (tertiary/aromatic N) is 2. The highest BCUT2D eigenvalue weighted by molar-refractivity contribution is 7.93. The van der Waals surface area contributed by atoms with E-state index >= 15 is 0 Å². The monoisotopic (exact) mass is 228 g/mol. The van der Waals surface area contributed by atoms with Crippen molar-refractivity contribution in [2.24, 2.45) is 0 Å². The van der Waals surface area contributed by atoms with Crippen LogP contribution in [0, 0.1) is 22.5 Å². The molecule has 0 aromatic carbocycles. The van der Waals surface area contributed by atoms with Crippen LogP contribution in [0.25, 0.3) is 0 Å². The predicted octanol–water partition coefficient (Wildman–Crippen LogP) is 1.31. The number of nitriles is 1. The normalized spacial score (nSPS) is 10.5. The van der Waals surface area contributed by atoms with Gasteiger partial charge in [0, 0.05) is 24.8 Å². The quantitative estimate of drug-likeness (QED) is 0.644. The van der Waals surface area contributed by atoms with Crippen LogP contribution in [0.5, 0.6) is 0 Å². The number of hydrogen-bond acceptors (Lipinski definition) is 3. The van der Waals surface area contributed by atoms with Crippen molar-refractivity contribution >= 4 is 10.0 Å². The van der Waals surface area contributed by atoms with Crippen LogP contribution in [-0.2, 0) is 10.0 Å². The van der Waals surface area contributed by atoms with Crippen molar-refractivity contribution < 1.29 is 8.42 Å². The largest absolute Gasteiger partial charge is 0.282 e. The molecule has 4 nitrogen and oxygen atoms in total. The van der Waals surface area contributed by atoms with E-state index in [0.717, 1.165) is 12.8 Å². The molecule has 0 aromatic rings. The van der Waals surface area contributed by atoms with Gasteiger partial charge in [-0.25, -0.2) is 0 Å². The van der Waals surface area contributed by atoms with Crippen LogP contribution in [0.2, 0.25) is 0 Å². The summed E-state index contributed by atoms with van der Waals surface area (Å²) in [6.45, 7) is 4.14. The molecule has 84 valence electrons. The molecule has 0 bridgehead atoms. The molecule has 0 amide bonds. The fourth-order valence-electron chi connectivity index (χ4n) is 1.05. The number of unbranched alkanes of at least 4 members (excludes halogenated alkanes) is 1. The van der Waals surface area contributed by atoms with Gasteiger partial charge in [0.1, 0.15) is 0 Å². The highest BCUT2D eigenvalue weighted by Gasteiger charge is 2.18. The first-order valence-electron chi connectivity index (χ1n) is 4.89. The summed E-state index contributed by atoms with van der Waals surface area (Å²) in [5.74, 6) is 2.38. The van der Waals surface area contributed by atoms with Crippen molar-refractivity contribution in [3.05, 3.63) is 0 Å². The molecule has 0 aromatic heterocycles. The summed E-state index contributed by atoms with van der Waals surface area (Å²) in [7, 11) is -3.50. The van der Waals surface area contributed by atoms with E-state index in [1.54, 1.807) is 0 Å². The van der Waals surface area contributed by atoms with Crippen molar-refractivity contribution in [3.63, 3.8) is 0 Å². The van der Waals surface area contributed by atoms with Crippen LogP contribution in [0.15, 0.2) is 0 Å². The second kappa shape index (κ2) is 7.28. The van der Waals surface area contributed by atoms with E-state index in [0.29, 0.717) is 6.54 Å². The molecular weight excluding hydrogens is 212 g/mol. The highest BCUT2D eigenvalue weighted by Crippen LogP contribution is 2.04. The van der Waals surface area contributed by atoms with Gasteiger partial charge in [0.2, 0.25) is 0 Å². The maximum Gasteiger partial charge on any atom is 0.282 e. The lowest BCUT2D eigenvalue weighted by Gasteiger charge is -2.16. The average Bonchev–Trinajstić information content (AvgIpc) is 2.17. The van der Waals surface area contributed by atoms with Crippen molar-refractivity contribution in [2.45, 2.75) is 33.1 Å². The lowest BCUT2D eigenvalue weighted by atomic mass is 10.3. The Hall–Kier alpha value is -1.04. The van der Waals surface area contributed by atoms with Gasteiger partial charge in [0.15, 0.2) is 0 Å². The van der Waals surface area contributed by atoms with Crippen LogP contribution in [0.1, 0.15) is 33.1 Å². The van der Waals surface area contributed by atoms with Crippen molar-refractivity contribution in [1.29, 1.82) is 5.26 Å². The summed E-state index contributed by atoms with van der Waals surface area (Å²) in [6.07, 6.45) is 1.91. The molecule has 0 spiro atoms. The Labute approximate surface area is 91.9 Å². The Bertz CT molecular complexity index is 370. The summed E-state index contributed by atoms with van der Waals surface area (Å²) in [6, 6.07) is 1.93. The van der Waals surface area contributed by atoms with E-state index in [9.17, 15) is 8.42 Å². The molecule has 0 atom stereocenters. The first-order chi connectivity index (χ1) is 7.08. The first kappa shape index (κ1) is 14.0. The Morgan fingerprint density at radius 2 is 2.00 bits per heavy atom. The molecule has 0 N–H and O–H groups in total. The van der Waals surface area contributed by atoms with E-state index in [1.807, 2.05) is 13.0 Å². The van der Waals surface area contributed by atoms with Gasteiger partial charge >= 0.3 is 0 Å². The lowest BCUT2D eigenvalue weighted by Crippen LogP contribution is -2.31. The van der Waals surface area contributed by atoms with E-state index < -0.39 is 10.0 Å². The van der Waals surface area contributed by atoms with Gasteiger partial charge in [-0.05, 0) is 13.3 Å². The number of rotatable bonds is 6. The molecule has 0 heterocycles. The first-order valence-corrected chi connectivity index (χ1v) is 6.33. The third kappa shape index (κ3) is 5.41. The van der Waals surface area contributed by atoms with Gasteiger partial charge in [-0.15, -0.1) is 0 Å². The van der Waals surface area contributed by atoms with Crippen molar-refractivity contribution in [3.8, 4) is 17.2 Å². The molecule has 15 heavy (non-hydrogen) atoms. The van der Waals surface area contributed by atoms with Gasteiger partial charge in [-0.2, -0.15) is 18.0 Å². The van der Waals surface area contributed by atoms with Crippen LogP contribution in [0.4, 0.5) is 0 Å². The Morgan fingerprint density at radius 3 is 2.47 bits per heavy atom. The molecule has 0 saturated carbocycles. The van der Waals surface area contributed by atoms with Crippen LogP contribution in [-0.4, -0.2) is 25.8 Å². The van der Waals surface area contributed by atoms with Crippen molar-refractivity contribution in [1.82, 2.24) is 4.31 Å². The molecule has 0 aliphatic carbocycles. The molecular formula is C10H16N2O2S. The standard InChI is InChI=1S/C10H16N2O2S/c1-3-5-8-12(9-6-7-11)15(13,14)10-4-2/h3,5-6,8-9H2,1-2H3. The zero-order valence-corrected chi connectivity index (χ0v) is 9.97. The molecule has 0 radical (unpaired) electrons. The molecule has 0 rings (SSSR count).